The Kier molecular flexibility index (Phi) is 2.44. The molecule has 0 aliphatic rings. The topological polar surface area (TPSA) is 70.4 Å². The molecule has 0 bridgehead atoms. The monoisotopic (exact) mass is 237 g/mol. The zero-order valence-corrected chi connectivity index (χ0v) is 9.12. The summed E-state index contributed by atoms with van der Waals surface area (Å²) in [5.41, 5.74) is 0.989. The van der Waals surface area contributed by atoms with Crippen molar-refractivity contribution in [1.82, 2.24) is 4.98 Å². The lowest BCUT2D eigenvalue weighted by atomic mass is 10.1. The molecule has 0 aliphatic heterocycles. The number of aromatic hydroxyl groups is 1. The highest BCUT2D eigenvalue weighted by atomic mass is 35.5. The molecule has 0 amide bonds. The van der Waals surface area contributed by atoms with Crippen LogP contribution in [-0.4, -0.2) is 21.2 Å². The van der Waals surface area contributed by atoms with Gasteiger partial charge >= 0.3 is 5.97 Å². The molecular formula is C11H8ClNO3. The Hall–Kier alpha value is -1.81. The van der Waals surface area contributed by atoms with Crippen LogP contribution in [0, 0.1) is 6.92 Å². The van der Waals surface area contributed by atoms with Gasteiger partial charge in [-0.25, -0.2) is 4.79 Å². The molecule has 0 atom stereocenters. The molecule has 82 valence electrons. The minimum absolute atomic E-state index is 0.170. The molecule has 2 aromatic rings. The van der Waals surface area contributed by atoms with Crippen LogP contribution in [0.4, 0.5) is 0 Å². The van der Waals surface area contributed by atoms with Crippen LogP contribution in [0.25, 0.3) is 10.9 Å². The maximum Gasteiger partial charge on any atom is 0.339 e. The van der Waals surface area contributed by atoms with Crippen molar-refractivity contribution in [2.45, 2.75) is 6.92 Å². The SMILES string of the molecule is Cc1cnc2c(C(=O)O)c(Cl)c(O)cc2c1. The highest BCUT2D eigenvalue weighted by Crippen LogP contribution is 2.33. The molecule has 0 unspecified atom stereocenters. The van der Waals surface area contributed by atoms with Crippen molar-refractivity contribution in [2.24, 2.45) is 0 Å². The summed E-state index contributed by atoms with van der Waals surface area (Å²) in [6.07, 6.45) is 1.56. The van der Waals surface area contributed by atoms with Crippen molar-refractivity contribution in [2.75, 3.05) is 0 Å². The van der Waals surface area contributed by atoms with Crippen LogP contribution < -0.4 is 0 Å². The molecule has 16 heavy (non-hydrogen) atoms. The van der Waals surface area contributed by atoms with Gasteiger partial charge < -0.3 is 10.2 Å². The summed E-state index contributed by atoms with van der Waals surface area (Å²) in [6.45, 7) is 1.83. The van der Waals surface area contributed by atoms with Crippen molar-refractivity contribution >= 4 is 28.5 Å². The van der Waals surface area contributed by atoms with Gasteiger partial charge in [0.25, 0.3) is 0 Å². The first kappa shape index (κ1) is 10.7. The van der Waals surface area contributed by atoms with Crippen LogP contribution in [0.15, 0.2) is 18.3 Å². The standard InChI is InChI=1S/C11H8ClNO3/c1-5-2-6-3-7(14)9(12)8(11(15)16)10(6)13-4-5/h2-4,14H,1H3,(H,15,16). The molecular weight excluding hydrogens is 230 g/mol. The minimum atomic E-state index is -1.21. The molecule has 2 N–H and O–H groups in total. The predicted octanol–water partition coefficient (Wildman–Crippen LogP) is 2.60. The van der Waals surface area contributed by atoms with Gasteiger partial charge in [-0.3, -0.25) is 4.98 Å². The minimum Gasteiger partial charge on any atom is -0.506 e. The van der Waals surface area contributed by atoms with E-state index in [1.165, 1.54) is 6.07 Å². The van der Waals surface area contributed by atoms with E-state index in [-0.39, 0.29) is 21.9 Å². The van der Waals surface area contributed by atoms with Crippen molar-refractivity contribution in [3.63, 3.8) is 0 Å². The lowest BCUT2D eigenvalue weighted by Gasteiger charge is -2.06. The fourth-order valence-electron chi connectivity index (χ4n) is 1.55. The third kappa shape index (κ3) is 1.57. The molecule has 5 heteroatoms. The number of benzene rings is 1. The number of pyridine rings is 1. The second-order valence-electron chi connectivity index (χ2n) is 3.47. The van der Waals surface area contributed by atoms with E-state index in [9.17, 15) is 9.90 Å². The Balaban J connectivity index is 2.94. The van der Waals surface area contributed by atoms with E-state index < -0.39 is 5.97 Å². The second kappa shape index (κ2) is 3.64. The number of aromatic nitrogens is 1. The molecule has 1 aromatic heterocycles. The molecule has 0 fully saturated rings. The van der Waals surface area contributed by atoms with E-state index in [2.05, 4.69) is 4.98 Å². The van der Waals surface area contributed by atoms with Gasteiger partial charge in [-0.2, -0.15) is 0 Å². The molecule has 0 saturated carbocycles. The first-order valence-corrected chi connectivity index (χ1v) is 4.89. The molecule has 1 aromatic carbocycles. The number of fused-ring (bicyclic) bond motifs is 1. The molecule has 1 heterocycles. The van der Waals surface area contributed by atoms with Gasteiger partial charge in [-0.15, -0.1) is 0 Å². The summed E-state index contributed by atoms with van der Waals surface area (Å²) < 4.78 is 0. The lowest BCUT2D eigenvalue weighted by molar-refractivity contribution is 0.0698. The highest BCUT2D eigenvalue weighted by molar-refractivity contribution is 6.36. The zero-order chi connectivity index (χ0) is 11.9. The Morgan fingerprint density at radius 2 is 2.12 bits per heavy atom. The summed E-state index contributed by atoms with van der Waals surface area (Å²) >= 11 is 5.74. The summed E-state index contributed by atoms with van der Waals surface area (Å²) in [5, 5.41) is 18.9. The number of rotatable bonds is 1. The number of hydrogen-bond donors (Lipinski definition) is 2. The third-order valence-corrected chi connectivity index (χ3v) is 2.62. The van der Waals surface area contributed by atoms with E-state index in [0.717, 1.165) is 5.56 Å². The number of phenols is 1. The molecule has 0 spiro atoms. The summed E-state index contributed by atoms with van der Waals surface area (Å²) in [6, 6.07) is 3.15. The van der Waals surface area contributed by atoms with E-state index >= 15 is 0 Å². The predicted molar refractivity (Wildman–Crippen MR) is 60.1 cm³/mol. The van der Waals surface area contributed by atoms with Gasteiger partial charge in [0, 0.05) is 11.6 Å². The smallest absolute Gasteiger partial charge is 0.339 e. The number of carbonyl (C=O) groups is 1. The number of halogens is 1. The second-order valence-corrected chi connectivity index (χ2v) is 3.85. The zero-order valence-electron chi connectivity index (χ0n) is 8.36. The molecule has 0 aliphatic carbocycles. The van der Waals surface area contributed by atoms with Crippen LogP contribution in [0.1, 0.15) is 15.9 Å². The fourth-order valence-corrected chi connectivity index (χ4v) is 1.77. The third-order valence-electron chi connectivity index (χ3n) is 2.24. The van der Waals surface area contributed by atoms with Crippen LogP contribution in [0.5, 0.6) is 5.75 Å². The number of carboxylic acids is 1. The van der Waals surface area contributed by atoms with Crippen molar-refractivity contribution < 1.29 is 15.0 Å². The quantitative estimate of drug-likeness (QED) is 0.800. The van der Waals surface area contributed by atoms with Gasteiger partial charge in [-0.1, -0.05) is 11.6 Å². The van der Waals surface area contributed by atoms with E-state index in [1.807, 2.05) is 6.92 Å². The number of hydrogen-bond acceptors (Lipinski definition) is 3. The number of aromatic carboxylic acids is 1. The van der Waals surface area contributed by atoms with Crippen molar-refractivity contribution in [3.05, 3.63) is 34.5 Å². The van der Waals surface area contributed by atoms with Crippen molar-refractivity contribution in [3.8, 4) is 5.75 Å². The van der Waals surface area contributed by atoms with Gasteiger partial charge in [0.1, 0.15) is 11.3 Å². The molecule has 0 saturated heterocycles. The summed E-state index contributed by atoms with van der Waals surface area (Å²) in [4.78, 5) is 15.1. The average molecular weight is 238 g/mol. The number of phenolic OH excluding ortho intramolecular Hbond substituents is 1. The maximum atomic E-state index is 11.0. The van der Waals surface area contributed by atoms with Gasteiger partial charge in [-0.05, 0) is 24.6 Å². The first-order valence-electron chi connectivity index (χ1n) is 4.52. The van der Waals surface area contributed by atoms with Gasteiger partial charge in [0.15, 0.2) is 0 Å². The average Bonchev–Trinajstić information content (AvgIpc) is 2.19. The van der Waals surface area contributed by atoms with Gasteiger partial charge in [0.05, 0.1) is 10.5 Å². The van der Waals surface area contributed by atoms with Crippen LogP contribution in [0.2, 0.25) is 5.02 Å². The molecule has 4 nitrogen and oxygen atoms in total. The maximum absolute atomic E-state index is 11.0. The van der Waals surface area contributed by atoms with E-state index in [0.29, 0.717) is 5.39 Å². The van der Waals surface area contributed by atoms with Crippen LogP contribution >= 0.6 is 11.6 Å². The van der Waals surface area contributed by atoms with Crippen LogP contribution in [0.3, 0.4) is 0 Å². The highest BCUT2D eigenvalue weighted by Gasteiger charge is 2.18. The normalized spacial score (nSPS) is 10.6. The Labute approximate surface area is 96.1 Å². The van der Waals surface area contributed by atoms with Crippen molar-refractivity contribution in [1.29, 1.82) is 0 Å². The summed E-state index contributed by atoms with van der Waals surface area (Å²) in [7, 11) is 0. The Morgan fingerprint density at radius 1 is 1.44 bits per heavy atom. The summed E-state index contributed by atoms with van der Waals surface area (Å²) in [5.74, 6) is -1.46. The lowest BCUT2D eigenvalue weighted by Crippen LogP contribution is -2.00. The largest absolute Gasteiger partial charge is 0.506 e. The Bertz CT molecular complexity index is 595. The molecule has 2 rings (SSSR count). The van der Waals surface area contributed by atoms with Gasteiger partial charge in [0.2, 0.25) is 0 Å². The Morgan fingerprint density at radius 3 is 2.75 bits per heavy atom. The number of aryl methyl sites for hydroxylation is 1. The number of carboxylic acid groups (broad SMARTS) is 1. The molecule has 0 radical (unpaired) electrons. The van der Waals surface area contributed by atoms with Crippen LogP contribution in [-0.2, 0) is 0 Å². The van der Waals surface area contributed by atoms with E-state index in [4.69, 9.17) is 16.7 Å². The fraction of sp³-hybridized carbons (Fsp3) is 0.0909. The van der Waals surface area contributed by atoms with E-state index in [1.54, 1.807) is 12.3 Å². The first-order chi connectivity index (χ1) is 7.50. The number of nitrogens with zero attached hydrogens (tertiary/aromatic N) is 1.